The highest BCUT2D eigenvalue weighted by Crippen LogP contribution is 2.22. The SMILES string of the molecule is COC(=O)[C@H](Cc1ccccc1)N=Cc1c(CO)cnc(C)c1O. The van der Waals surface area contributed by atoms with Crippen LogP contribution < -0.4 is 0 Å². The van der Waals surface area contributed by atoms with Crippen LogP contribution in [0.3, 0.4) is 0 Å². The van der Waals surface area contributed by atoms with Crippen molar-refractivity contribution in [3.63, 3.8) is 0 Å². The summed E-state index contributed by atoms with van der Waals surface area (Å²) in [5.74, 6) is -0.528. The highest BCUT2D eigenvalue weighted by Gasteiger charge is 2.19. The zero-order valence-electron chi connectivity index (χ0n) is 13.6. The Morgan fingerprint density at radius 2 is 2.08 bits per heavy atom. The third-order valence-electron chi connectivity index (χ3n) is 3.66. The van der Waals surface area contributed by atoms with E-state index in [9.17, 15) is 15.0 Å². The molecule has 1 atom stereocenters. The second kappa shape index (κ2) is 8.21. The lowest BCUT2D eigenvalue weighted by molar-refractivity contribution is -0.142. The summed E-state index contributed by atoms with van der Waals surface area (Å²) in [6.45, 7) is 1.36. The number of aliphatic hydroxyl groups excluding tert-OH is 1. The number of aliphatic imine (C=N–C) groups is 1. The number of methoxy groups -OCH3 is 1. The third kappa shape index (κ3) is 4.17. The summed E-state index contributed by atoms with van der Waals surface area (Å²) in [5.41, 5.74) is 2.16. The Balaban J connectivity index is 2.31. The lowest BCUT2D eigenvalue weighted by Gasteiger charge is -2.12. The number of aromatic hydroxyl groups is 1. The van der Waals surface area contributed by atoms with Gasteiger partial charge in [0.1, 0.15) is 5.75 Å². The molecule has 126 valence electrons. The zero-order valence-corrected chi connectivity index (χ0v) is 13.6. The van der Waals surface area contributed by atoms with Crippen molar-refractivity contribution in [1.82, 2.24) is 4.98 Å². The van der Waals surface area contributed by atoms with Gasteiger partial charge in [-0.1, -0.05) is 30.3 Å². The Labute approximate surface area is 140 Å². The van der Waals surface area contributed by atoms with E-state index in [1.807, 2.05) is 30.3 Å². The van der Waals surface area contributed by atoms with E-state index in [4.69, 9.17) is 4.74 Å². The number of hydrogen-bond donors (Lipinski definition) is 2. The van der Waals surface area contributed by atoms with Crippen molar-refractivity contribution in [2.45, 2.75) is 26.0 Å². The van der Waals surface area contributed by atoms with Crippen molar-refractivity contribution >= 4 is 12.2 Å². The van der Waals surface area contributed by atoms with Gasteiger partial charge < -0.3 is 14.9 Å². The van der Waals surface area contributed by atoms with Crippen LogP contribution in [0, 0.1) is 6.92 Å². The number of aryl methyl sites for hydroxylation is 1. The first-order valence-electron chi connectivity index (χ1n) is 7.50. The van der Waals surface area contributed by atoms with Gasteiger partial charge in [0.25, 0.3) is 0 Å². The number of nitrogens with zero attached hydrogens (tertiary/aromatic N) is 2. The summed E-state index contributed by atoms with van der Waals surface area (Å²) < 4.78 is 4.81. The Morgan fingerprint density at radius 1 is 1.38 bits per heavy atom. The van der Waals surface area contributed by atoms with Crippen LogP contribution in [0.4, 0.5) is 0 Å². The fourth-order valence-electron chi connectivity index (χ4n) is 2.26. The van der Waals surface area contributed by atoms with Gasteiger partial charge in [0.15, 0.2) is 6.04 Å². The topological polar surface area (TPSA) is 92.0 Å². The van der Waals surface area contributed by atoms with E-state index in [-0.39, 0.29) is 12.4 Å². The summed E-state index contributed by atoms with van der Waals surface area (Å²) in [6.07, 6.45) is 3.24. The van der Waals surface area contributed by atoms with Crippen LogP contribution in [0.25, 0.3) is 0 Å². The molecule has 2 aromatic rings. The number of carbonyl (C=O) groups is 1. The summed E-state index contributed by atoms with van der Waals surface area (Å²) in [4.78, 5) is 20.2. The van der Waals surface area contributed by atoms with E-state index in [0.717, 1.165) is 5.56 Å². The molecule has 24 heavy (non-hydrogen) atoms. The van der Waals surface area contributed by atoms with Gasteiger partial charge in [0.2, 0.25) is 0 Å². The van der Waals surface area contributed by atoms with Gasteiger partial charge in [0, 0.05) is 30.0 Å². The van der Waals surface area contributed by atoms with Gasteiger partial charge in [-0.05, 0) is 12.5 Å². The van der Waals surface area contributed by atoms with Gasteiger partial charge in [0.05, 0.1) is 19.4 Å². The fourth-order valence-corrected chi connectivity index (χ4v) is 2.26. The average Bonchev–Trinajstić information content (AvgIpc) is 2.61. The highest BCUT2D eigenvalue weighted by atomic mass is 16.5. The predicted molar refractivity (Wildman–Crippen MR) is 90.1 cm³/mol. The second-order valence-corrected chi connectivity index (χ2v) is 5.30. The van der Waals surface area contributed by atoms with Crippen molar-refractivity contribution in [2.24, 2.45) is 4.99 Å². The van der Waals surface area contributed by atoms with E-state index < -0.39 is 12.0 Å². The van der Waals surface area contributed by atoms with Gasteiger partial charge in [-0.25, -0.2) is 4.79 Å². The van der Waals surface area contributed by atoms with Crippen LogP contribution in [0.1, 0.15) is 22.4 Å². The molecule has 0 saturated heterocycles. The molecule has 1 aromatic heterocycles. The maximum absolute atomic E-state index is 12.0. The fraction of sp³-hybridized carbons (Fsp3) is 0.278. The second-order valence-electron chi connectivity index (χ2n) is 5.30. The average molecular weight is 328 g/mol. The standard InChI is InChI=1S/C18H20N2O4/c1-12-17(22)15(14(11-21)9-19-12)10-20-16(18(23)24-2)8-13-6-4-3-5-7-13/h3-7,9-10,16,21-22H,8,11H2,1-2H3/t16-/m0/s1. The predicted octanol–water partition coefficient (Wildman–Crippen LogP) is 1.79. The van der Waals surface area contributed by atoms with Crippen molar-refractivity contribution in [2.75, 3.05) is 7.11 Å². The number of pyridine rings is 1. The van der Waals surface area contributed by atoms with Crippen molar-refractivity contribution < 1.29 is 19.7 Å². The maximum atomic E-state index is 12.0. The smallest absolute Gasteiger partial charge is 0.330 e. The first-order valence-corrected chi connectivity index (χ1v) is 7.50. The minimum absolute atomic E-state index is 0.0615. The molecule has 0 unspecified atom stereocenters. The number of benzene rings is 1. The molecule has 2 rings (SSSR count). The first-order chi connectivity index (χ1) is 11.6. The van der Waals surface area contributed by atoms with E-state index in [2.05, 4.69) is 9.98 Å². The summed E-state index contributed by atoms with van der Waals surface area (Å²) in [6, 6.07) is 8.73. The molecule has 0 spiro atoms. The third-order valence-corrected chi connectivity index (χ3v) is 3.66. The zero-order chi connectivity index (χ0) is 17.5. The maximum Gasteiger partial charge on any atom is 0.330 e. The van der Waals surface area contributed by atoms with Gasteiger partial charge in [-0.15, -0.1) is 0 Å². The monoisotopic (exact) mass is 328 g/mol. The van der Waals surface area contributed by atoms with Crippen LogP contribution in [-0.2, 0) is 22.6 Å². The molecule has 0 saturated carbocycles. The van der Waals surface area contributed by atoms with Crippen LogP contribution in [0.5, 0.6) is 5.75 Å². The molecular weight excluding hydrogens is 308 g/mol. The number of aliphatic hydroxyl groups is 1. The van der Waals surface area contributed by atoms with Crippen LogP contribution in [0.2, 0.25) is 0 Å². The number of carbonyl (C=O) groups excluding carboxylic acids is 1. The molecule has 0 fully saturated rings. The molecule has 0 bridgehead atoms. The minimum Gasteiger partial charge on any atom is -0.505 e. The Hall–Kier alpha value is -2.73. The molecule has 0 aliphatic carbocycles. The minimum atomic E-state index is -0.739. The Morgan fingerprint density at radius 3 is 2.71 bits per heavy atom. The van der Waals surface area contributed by atoms with Crippen LogP contribution in [-0.4, -0.2) is 40.5 Å². The lowest BCUT2D eigenvalue weighted by Crippen LogP contribution is -2.23. The molecule has 1 heterocycles. The Kier molecular flexibility index (Phi) is 6.03. The molecule has 6 nitrogen and oxygen atoms in total. The number of ether oxygens (including phenoxy) is 1. The quantitative estimate of drug-likeness (QED) is 0.623. The molecule has 0 radical (unpaired) electrons. The van der Waals surface area contributed by atoms with E-state index in [0.29, 0.717) is 23.2 Å². The molecule has 0 aliphatic heterocycles. The van der Waals surface area contributed by atoms with Gasteiger partial charge in [-0.3, -0.25) is 9.98 Å². The largest absolute Gasteiger partial charge is 0.505 e. The molecule has 6 heteroatoms. The number of esters is 1. The highest BCUT2D eigenvalue weighted by molar-refractivity contribution is 5.88. The van der Waals surface area contributed by atoms with Gasteiger partial charge >= 0.3 is 5.97 Å². The molecular formula is C18H20N2O4. The number of hydrogen-bond acceptors (Lipinski definition) is 6. The van der Waals surface area contributed by atoms with Crippen LogP contribution >= 0.6 is 0 Å². The molecule has 1 aromatic carbocycles. The number of rotatable bonds is 6. The van der Waals surface area contributed by atoms with E-state index >= 15 is 0 Å². The van der Waals surface area contributed by atoms with E-state index in [1.165, 1.54) is 19.5 Å². The summed E-state index contributed by atoms with van der Waals surface area (Å²) in [5, 5.41) is 19.5. The summed E-state index contributed by atoms with van der Waals surface area (Å²) in [7, 11) is 1.31. The lowest BCUT2D eigenvalue weighted by atomic mass is 10.1. The van der Waals surface area contributed by atoms with Crippen molar-refractivity contribution in [1.29, 1.82) is 0 Å². The molecule has 2 N–H and O–H groups in total. The van der Waals surface area contributed by atoms with Crippen molar-refractivity contribution in [3.8, 4) is 5.75 Å². The molecule has 0 aliphatic rings. The van der Waals surface area contributed by atoms with E-state index in [1.54, 1.807) is 6.92 Å². The summed E-state index contributed by atoms with van der Waals surface area (Å²) >= 11 is 0. The van der Waals surface area contributed by atoms with Crippen LogP contribution in [0.15, 0.2) is 41.5 Å². The Bertz CT molecular complexity index is 729. The number of aromatic nitrogens is 1. The molecule has 0 amide bonds. The van der Waals surface area contributed by atoms with Gasteiger partial charge in [-0.2, -0.15) is 0 Å². The normalized spacial score (nSPS) is 12.3. The van der Waals surface area contributed by atoms with Crippen molar-refractivity contribution in [3.05, 3.63) is 58.9 Å². The first kappa shape index (κ1) is 17.6.